The number of benzene rings is 2. The lowest BCUT2D eigenvalue weighted by atomic mass is 9.95. The predicted molar refractivity (Wildman–Crippen MR) is 110 cm³/mol. The summed E-state index contributed by atoms with van der Waals surface area (Å²) >= 11 is 6.24. The van der Waals surface area contributed by atoms with Gasteiger partial charge in [-0.1, -0.05) is 41.9 Å². The molecule has 1 amide bonds. The molecule has 2 aromatic rings. The zero-order chi connectivity index (χ0) is 21.0. The molecule has 7 heteroatoms. The molecule has 1 aliphatic rings. The third-order valence-corrected chi connectivity index (χ3v) is 4.99. The summed E-state index contributed by atoms with van der Waals surface area (Å²) < 4.78 is 10.5. The number of Topliss-reactive ketones (excluding diaryl/α,β-unsaturated/α-hetero) is 1. The van der Waals surface area contributed by atoms with Crippen LogP contribution in [0, 0.1) is 0 Å². The Morgan fingerprint density at radius 1 is 1.17 bits per heavy atom. The van der Waals surface area contributed by atoms with Gasteiger partial charge in [0.05, 0.1) is 29.9 Å². The normalized spacial score (nSPS) is 18.3. The van der Waals surface area contributed by atoms with Crippen LogP contribution in [0.25, 0.3) is 5.76 Å². The molecule has 0 spiro atoms. The number of rotatable bonds is 7. The highest BCUT2D eigenvalue weighted by atomic mass is 35.5. The van der Waals surface area contributed by atoms with Gasteiger partial charge in [0.1, 0.15) is 11.5 Å². The molecule has 2 aromatic carbocycles. The molecule has 0 radical (unpaired) electrons. The summed E-state index contributed by atoms with van der Waals surface area (Å²) in [5.41, 5.74) is 1.09. The van der Waals surface area contributed by atoms with Gasteiger partial charge in [0.15, 0.2) is 0 Å². The van der Waals surface area contributed by atoms with E-state index in [1.165, 1.54) is 18.1 Å². The van der Waals surface area contributed by atoms with E-state index in [9.17, 15) is 14.7 Å². The van der Waals surface area contributed by atoms with Gasteiger partial charge in [-0.3, -0.25) is 9.59 Å². The van der Waals surface area contributed by atoms with Gasteiger partial charge in [-0.15, -0.1) is 0 Å². The minimum absolute atomic E-state index is 0.0255. The van der Waals surface area contributed by atoms with Crippen molar-refractivity contribution in [3.05, 3.63) is 70.3 Å². The van der Waals surface area contributed by atoms with E-state index in [1.807, 2.05) is 37.3 Å². The zero-order valence-corrected chi connectivity index (χ0v) is 17.0. The van der Waals surface area contributed by atoms with Crippen molar-refractivity contribution < 1.29 is 24.2 Å². The number of ether oxygens (including phenoxy) is 2. The van der Waals surface area contributed by atoms with Crippen molar-refractivity contribution in [2.24, 2.45) is 0 Å². The van der Waals surface area contributed by atoms with Gasteiger partial charge < -0.3 is 19.5 Å². The van der Waals surface area contributed by atoms with Crippen molar-refractivity contribution in [2.75, 3.05) is 26.9 Å². The van der Waals surface area contributed by atoms with Crippen molar-refractivity contribution in [3.63, 3.8) is 0 Å². The molecule has 0 aliphatic carbocycles. The molecule has 1 atom stereocenters. The minimum atomic E-state index is -0.738. The fourth-order valence-corrected chi connectivity index (χ4v) is 3.59. The maximum atomic E-state index is 12.8. The number of likely N-dealkylation sites (tertiary alicyclic amines) is 1. The number of nitrogens with zero attached hydrogens (tertiary/aromatic N) is 1. The van der Waals surface area contributed by atoms with Gasteiger partial charge in [-0.05, 0) is 30.7 Å². The lowest BCUT2D eigenvalue weighted by molar-refractivity contribution is -0.140. The van der Waals surface area contributed by atoms with Crippen LogP contribution in [0.5, 0.6) is 5.75 Å². The fourth-order valence-electron chi connectivity index (χ4n) is 3.36. The molecule has 0 saturated carbocycles. The summed E-state index contributed by atoms with van der Waals surface area (Å²) in [6.45, 7) is 2.78. The standard InChI is InChI=1S/C22H22ClNO5/c1-3-29-17-10-9-15(13-16(17)23)20(25)18-19(14-7-5-4-6-8-14)24(11-12-28-2)22(27)21(18)26/h4-10,13,19,25H,3,11-12H2,1-2H3/t19-/m0/s1. The van der Waals surface area contributed by atoms with Crippen molar-refractivity contribution >= 4 is 29.1 Å². The topological polar surface area (TPSA) is 76.1 Å². The van der Waals surface area contributed by atoms with Crippen LogP contribution in [0.2, 0.25) is 5.02 Å². The quantitative estimate of drug-likeness (QED) is 0.423. The molecule has 1 fully saturated rings. The second-order valence-electron chi connectivity index (χ2n) is 6.47. The second-order valence-corrected chi connectivity index (χ2v) is 6.88. The molecule has 1 N–H and O–H groups in total. The molecular formula is C22H22ClNO5. The van der Waals surface area contributed by atoms with Crippen molar-refractivity contribution in [2.45, 2.75) is 13.0 Å². The van der Waals surface area contributed by atoms with Gasteiger partial charge >= 0.3 is 0 Å². The SMILES string of the molecule is CCOc1ccc(C(O)=C2C(=O)C(=O)N(CCOC)[C@H]2c2ccccc2)cc1Cl. The number of hydrogen-bond acceptors (Lipinski definition) is 5. The Hall–Kier alpha value is -2.83. The minimum Gasteiger partial charge on any atom is -0.507 e. The number of carbonyl (C=O) groups excluding carboxylic acids is 2. The van der Waals surface area contributed by atoms with Crippen LogP contribution >= 0.6 is 11.6 Å². The molecule has 6 nitrogen and oxygen atoms in total. The third kappa shape index (κ3) is 4.13. The number of amides is 1. The first-order valence-corrected chi connectivity index (χ1v) is 9.62. The molecule has 0 aromatic heterocycles. The highest BCUT2D eigenvalue weighted by Gasteiger charge is 2.45. The monoisotopic (exact) mass is 415 g/mol. The van der Waals surface area contributed by atoms with E-state index < -0.39 is 17.7 Å². The molecule has 152 valence electrons. The van der Waals surface area contributed by atoms with Gasteiger partial charge in [-0.25, -0.2) is 0 Å². The van der Waals surface area contributed by atoms with E-state index in [2.05, 4.69) is 0 Å². The van der Waals surface area contributed by atoms with Crippen LogP contribution in [-0.4, -0.2) is 48.6 Å². The largest absolute Gasteiger partial charge is 0.507 e. The molecule has 0 bridgehead atoms. The van der Waals surface area contributed by atoms with Gasteiger partial charge in [0.2, 0.25) is 0 Å². The number of aliphatic hydroxyl groups is 1. The Morgan fingerprint density at radius 3 is 2.52 bits per heavy atom. The maximum Gasteiger partial charge on any atom is 0.295 e. The van der Waals surface area contributed by atoms with E-state index in [4.69, 9.17) is 21.1 Å². The van der Waals surface area contributed by atoms with Crippen LogP contribution in [0.3, 0.4) is 0 Å². The van der Waals surface area contributed by atoms with Crippen molar-refractivity contribution in [3.8, 4) is 5.75 Å². The lowest BCUT2D eigenvalue weighted by Gasteiger charge is -2.25. The molecule has 1 heterocycles. The van der Waals surface area contributed by atoms with Crippen LogP contribution in [-0.2, 0) is 14.3 Å². The number of ketones is 1. The molecule has 29 heavy (non-hydrogen) atoms. The molecule has 0 unspecified atom stereocenters. The summed E-state index contributed by atoms with van der Waals surface area (Å²) in [7, 11) is 1.52. The highest BCUT2D eigenvalue weighted by Crippen LogP contribution is 2.40. The fraction of sp³-hybridized carbons (Fsp3) is 0.273. The Bertz CT molecular complexity index is 941. The van der Waals surface area contributed by atoms with Gasteiger partial charge in [0, 0.05) is 19.2 Å². The van der Waals surface area contributed by atoms with Gasteiger partial charge in [-0.2, -0.15) is 0 Å². The highest BCUT2D eigenvalue weighted by molar-refractivity contribution is 6.46. The van der Waals surface area contributed by atoms with Crippen LogP contribution in [0.1, 0.15) is 24.1 Å². The summed E-state index contributed by atoms with van der Waals surface area (Å²) in [6, 6.07) is 13.2. The number of halogens is 1. The van der Waals surface area contributed by atoms with Crippen LogP contribution in [0.4, 0.5) is 0 Å². The maximum absolute atomic E-state index is 12.8. The average molecular weight is 416 g/mol. The number of methoxy groups -OCH3 is 1. The van der Waals surface area contributed by atoms with E-state index >= 15 is 0 Å². The zero-order valence-electron chi connectivity index (χ0n) is 16.2. The summed E-state index contributed by atoms with van der Waals surface area (Å²) in [4.78, 5) is 26.9. The summed E-state index contributed by atoms with van der Waals surface area (Å²) in [5.74, 6) is -1.21. The predicted octanol–water partition coefficient (Wildman–Crippen LogP) is 3.81. The first-order valence-electron chi connectivity index (χ1n) is 9.24. The summed E-state index contributed by atoms with van der Waals surface area (Å²) in [6.07, 6.45) is 0. The van der Waals surface area contributed by atoms with E-state index in [0.717, 1.165) is 5.56 Å². The summed E-state index contributed by atoms with van der Waals surface area (Å²) in [5, 5.41) is 11.3. The number of hydrogen-bond donors (Lipinski definition) is 1. The lowest BCUT2D eigenvalue weighted by Crippen LogP contribution is -2.32. The van der Waals surface area contributed by atoms with E-state index in [0.29, 0.717) is 22.9 Å². The first-order chi connectivity index (χ1) is 14.0. The second kappa shape index (κ2) is 9.11. The van der Waals surface area contributed by atoms with E-state index in [1.54, 1.807) is 12.1 Å². The number of carbonyl (C=O) groups is 2. The van der Waals surface area contributed by atoms with E-state index in [-0.39, 0.29) is 24.5 Å². The Labute approximate surface area is 174 Å². The number of aliphatic hydroxyl groups excluding tert-OH is 1. The van der Waals surface area contributed by atoms with Crippen LogP contribution in [0.15, 0.2) is 54.1 Å². The van der Waals surface area contributed by atoms with Crippen molar-refractivity contribution in [1.29, 1.82) is 0 Å². The molecule has 1 aliphatic heterocycles. The average Bonchev–Trinajstić information content (AvgIpc) is 2.98. The van der Waals surface area contributed by atoms with Gasteiger partial charge in [0.25, 0.3) is 11.7 Å². The molecule has 3 rings (SSSR count). The Kier molecular flexibility index (Phi) is 6.56. The first kappa shape index (κ1) is 20.9. The molecular weight excluding hydrogens is 394 g/mol. The molecule has 1 saturated heterocycles. The van der Waals surface area contributed by atoms with Crippen LogP contribution < -0.4 is 4.74 Å². The smallest absolute Gasteiger partial charge is 0.295 e. The Balaban J connectivity index is 2.12. The third-order valence-electron chi connectivity index (χ3n) is 4.70. The Morgan fingerprint density at radius 2 is 1.90 bits per heavy atom. The van der Waals surface area contributed by atoms with Crippen molar-refractivity contribution in [1.82, 2.24) is 4.90 Å².